The minimum Gasteiger partial charge on any atom is -0.491 e. The lowest BCUT2D eigenvalue weighted by atomic mass is 10.1. The van der Waals surface area contributed by atoms with Crippen molar-refractivity contribution in [2.24, 2.45) is 0 Å². The number of nitrogens with one attached hydrogen (secondary N) is 1. The summed E-state index contributed by atoms with van der Waals surface area (Å²) in [5, 5.41) is 17.0. The maximum Gasteiger partial charge on any atom is 0.408 e. The third-order valence-electron chi connectivity index (χ3n) is 21.7. The number of aromatic nitrogens is 16. The molecule has 0 spiro atoms. The molecule has 708 valence electrons. The molecule has 0 amide bonds. The molecule has 0 saturated carbocycles. The molecule has 0 unspecified atom stereocenters. The number of para-hydroxylation sites is 1. The second-order valence-electron chi connectivity index (χ2n) is 31.6. The lowest BCUT2D eigenvalue weighted by Gasteiger charge is -2.27. The normalized spacial score (nSPS) is 12.8. The van der Waals surface area contributed by atoms with E-state index in [2.05, 4.69) is 115 Å². The number of carbonyl (C=O) groups is 4. The van der Waals surface area contributed by atoms with Crippen molar-refractivity contribution in [3.05, 3.63) is 293 Å². The van der Waals surface area contributed by atoms with Gasteiger partial charge in [-0.3, -0.25) is 67.5 Å². The zero-order valence-corrected chi connectivity index (χ0v) is 77.0. The second-order valence-corrected chi connectivity index (χ2v) is 31.6. The highest BCUT2D eigenvalue weighted by molar-refractivity contribution is 5.82. The van der Waals surface area contributed by atoms with Crippen LogP contribution in [0.3, 0.4) is 0 Å². The van der Waals surface area contributed by atoms with Crippen LogP contribution in [0.15, 0.2) is 231 Å². The molecule has 14 heterocycles. The molecule has 2 aliphatic heterocycles. The average Bonchev–Trinajstić information content (AvgIpc) is 1.67. The summed E-state index contributed by atoms with van der Waals surface area (Å²) in [5.74, 6) is 3.52. The number of piperidine rings is 1. The average molecular weight is 1860 g/mol. The Morgan fingerprint density at radius 1 is 0.500 bits per heavy atom. The van der Waals surface area contributed by atoms with Gasteiger partial charge in [0.15, 0.2) is 25.1 Å². The van der Waals surface area contributed by atoms with Crippen LogP contribution in [-0.4, -0.2) is 188 Å². The molecule has 14 aromatic rings. The van der Waals surface area contributed by atoms with Crippen LogP contribution in [0.4, 0.5) is 18.9 Å². The van der Waals surface area contributed by atoms with Crippen molar-refractivity contribution < 1.29 is 75.0 Å². The number of alkyl halides is 3. The number of likely N-dealkylation sites (tertiary alicyclic amines) is 1. The number of aryl methyl sites for hydroxylation is 2. The van der Waals surface area contributed by atoms with Crippen LogP contribution in [-0.2, 0) is 44.3 Å². The first-order valence-corrected chi connectivity index (χ1v) is 44.4. The number of hydrogen-bond acceptors (Lipinski definition) is 27. The van der Waals surface area contributed by atoms with Gasteiger partial charge in [-0.25, -0.2) is 15.0 Å². The fourth-order valence-electron chi connectivity index (χ4n) is 14.9. The molecule has 2 saturated heterocycles. The molecule has 2 aliphatic rings. The summed E-state index contributed by atoms with van der Waals surface area (Å²) in [6.07, 6.45) is 25.6. The number of pyridine rings is 8. The van der Waals surface area contributed by atoms with Crippen molar-refractivity contribution in [1.82, 2.24) is 83.9 Å². The number of halogens is 3. The highest BCUT2D eigenvalue weighted by Gasteiger charge is 2.30. The van der Waals surface area contributed by atoms with E-state index in [4.69, 9.17) is 42.6 Å². The molecule has 16 rings (SSSR count). The molecule has 2 fully saturated rings. The first-order valence-electron chi connectivity index (χ1n) is 44.4. The van der Waals surface area contributed by atoms with Crippen molar-refractivity contribution in [3.63, 3.8) is 0 Å². The third-order valence-corrected chi connectivity index (χ3v) is 21.7. The fourth-order valence-corrected chi connectivity index (χ4v) is 14.9. The molecule has 136 heavy (non-hydrogen) atoms. The number of carbonyl (C=O) groups excluding carboxylic acids is 4. The standard InChI is InChI=1S/C25H31N5O3.C20H22N4O4.C19H17F3N4O2.C19H21NO2.C18H18N4O3/c1-19(2)30-22(8-10-28-30)25-20(7-6-9-26-25)18-33-23-16-27-24(15-21(23)17-31)32-14-13-29-11-4-3-5-12-29;1-3-24-17(6-8-23-24)20-15(5-4-7-21-20)14-28-18-12-22-19(11-16(18)13-25)27-10-9-26-2;1-3-13-9-17(27-2)24-10-16(13)28-11-14-5-4-7-23-18(14)15-6-8-26(25-15)12-19(20,21)22;1-15-7-5-11-19(18(15)13-21)22-14-17-10-6-12-20(17)16-8-3-2-4-9-16;1-12(2)22-15(5-7-21-22)18-13(4-3-6-19-18)11-25-16-9-20-17(24)8-14(16)10-23/h6-10,15-17,19H,3-5,11-14,18H2,1-2H3;4-8,11-13H,3,9-10,14H2,1-2H3;3-10H,1,11-12H2,2H3;2-5,7-9,11,13,17H,6,10,12,14H2,1H3;3-10,12H,11H2,1-2H3,(H,20,24)/t;;;17-;/m...1./s1. The van der Waals surface area contributed by atoms with Gasteiger partial charge < -0.3 is 52.5 Å². The SMILES string of the molecule is C=Cc1cc(OC)ncc1OCc1cccnc1-c1ccn(CC(F)(F)F)n1.CC(C)n1nccc1-c1ncccc1COc1c[nH]c(=O)cc1C=O.CC(C)n1nccc1-c1ncccc1COc1cnc(OCCN2CCCCC2)cc1C=O.CCn1nccc1-c1ncccc1COc1cnc(OCCOC)cc1C=O.Cc1cccc(OC[C@H]2CCCN2c2ccccc2)c1C=O. The number of aromatic amines is 1. The van der Waals surface area contributed by atoms with Crippen molar-refractivity contribution in [2.45, 2.75) is 137 Å². The quantitative estimate of drug-likeness (QED) is 0.0277. The van der Waals surface area contributed by atoms with Crippen molar-refractivity contribution in [1.29, 1.82) is 0 Å². The fraction of sp³-hybridized carbons (Fsp3) is 0.307. The lowest BCUT2D eigenvalue weighted by molar-refractivity contribution is -0.142. The van der Waals surface area contributed by atoms with E-state index in [1.807, 2.05) is 121 Å². The number of benzene rings is 2. The van der Waals surface area contributed by atoms with Gasteiger partial charge in [-0.1, -0.05) is 73.7 Å². The van der Waals surface area contributed by atoms with E-state index in [1.54, 1.807) is 93.1 Å². The summed E-state index contributed by atoms with van der Waals surface area (Å²) in [5.41, 5.74) is 13.4. The van der Waals surface area contributed by atoms with E-state index >= 15 is 0 Å². The number of aldehydes is 4. The molecule has 32 nitrogen and oxygen atoms in total. The zero-order valence-electron chi connectivity index (χ0n) is 77.0. The van der Waals surface area contributed by atoms with Gasteiger partial charge in [0.2, 0.25) is 23.2 Å². The number of anilines is 1. The summed E-state index contributed by atoms with van der Waals surface area (Å²) < 4.78 is 94.8. The van der Waals surface area contributed by atoms with Crippen molar-refractivity contribution in [2.75, 3.05) is 71.7 Å². The predicted octanol–water partition coefficient (Wildman–Crippen LogP) is 17.5. The van der Waals surface area contributed by atoms with E-state index < -0.39 is 12.7 Å². The van der Waals surface area contributed by atoms with Gasteiger partial charge in [0, 0.05) is 152 Å². The van der Waals surface area contributed by atoms with Crippen LogP contribution in [0.25, 0.3) is 51.6 Å². The Labute approximate surface area is 785 Å². The lowest BCUT2D eigenvalue weighted by Crippen LogP contribution is -2.34. The molecule has 35 heteroatoms. The Bertz CT molecular complexity index is 6280. The molecule has 0 radical (unpaired) electrons. The Balaban J connectivity index is 0.000000154. The first kappa shape index (κ1) is 99.6. The summed E-state index contributed by atoms with van der Waals surface area (Å²) in [4.78, 5) is 94.5. The van der Waals surface area contributed by atoms with Gasteiger partial charge in [0.05, 0.1) is 100 Å². The summed E-state index contributed by atoms with van der Waals surface area (Å²) >= 11 is 0. The molecule has 2 aromatic carbocycles. The molecule has 12 aromatic heterocycles. The Morgan fingerprint density at radius 2 is 1.01 bits per heavy atom. The van der Waals surface area contributed by atoms with Crippen LogP contribution in [0.2, 0.25) is 0 Å². The minimum atomic E-state index is -4.35. The molecule has 0 bridgehead atoms. The molecular weight excluding hydrogens is 1750 g/mol. The van der Waals surface area contributed by atoms with Gasteiger partial charge in [0.1, 0.15) is 87.2 Å². The maximum atomic E-state index is 12.5. The maximum absolute atomic E-state index is 12.5. The van der Waals surface area contributed by atoms with Crippen LogP contribution in [0.1, 0.15) is 154 Å². The largest absolute Gasteiger partial charge is 0.491 e. The van der Waals surface area contributed by atoms with Crippen LogP contribution in [0.5, 0.6) is 46.4 Å². The van der Waals surface area contributed by atoms with Crippen LogP contribution in [0, 0.1) is 6.92 Å². The number of methoxy groups -OCH3 is 2. The number of rotatable bonds is 38. The second kappa shape index (κ2) is 50.5. The van der Waals surface area contributed by atoms with Gasteiger partial charge in [-0.15, -0.1) is 0 Å². The topological polar surface area (TPSA) is 352 Å². The number of nitrogens with zero attached hydrogens (tertiary/aromatic N) is 17. The molecule has 1 N–H and O–H groups in total. The van der Waals surface area contributed by atoms with Gasteiger partial charge in [0.25, 0.3) is 0 Å². The molecule has 0 aliphatic carbocycles. The highest BCUT2D eigenvalue weighted by Crippen LogP contribution is 2.34. The monoisotopic (exact) mass is 1850 g/mol. The van der Waals surface area contributed by atoms with E-state index in [0.717, 1.165) is 119 Å². The van der Waals surface area contributed by atoms with Gasteiger partial charge >= 0.3 is 6.18 Å². The van der Waals surface area contributed by atoms with Crippen LogP contribution >= 0.6 is 0 Å². The van der Waals surface area contributed by atoms with Gasteiger partial charge in [-0.2, -0.15) is 33.6 Å². The number of hydrogen-bond donors (Lipinski definition) is 1. The van der Waals surface area contributed by atoms with E-state index in [9.17, 15) is 37.1 Å². The molecular formula is C101H109F3N18O14. The number of ether oxygens (including phenoxy) is 9. The zero-order chi connectivity index (χ0) is 96.1. The first-order chi connectivity index (χ1) is 66.2. The number of H-pyrrole nitrogens is 1. The molecule has 1 atom stereocenters. The van der Waals surface area contributed by atoms with E-state index in [1.165, 1.54) is 75.4 Å². The Hall–Kier alpha value is -15.4. The van der Waals surface area contributed by atoms with Crippen LogP contribution < -0.4 is 48.4 Å². The summed E-state index contributed by atoms with van der Waals surface area (Å²) in [6.45, 7) is 22.5. The highest BCUT2D eigenvalue weighted by atomic mass is 19.4. The Kier molecular flexibility index (Phi) is 37.0. The predicted molar refractivity (Wildman–Crippen MR) is 506 cm³/mol. The van der Waals surface area contributed by atoms with E-state index in [0.29, 0.717) is 124 Å². The van der Waals surface area contributed by atoms with Gasteiger partial charge in [-0.05, 0) is 153 Å². The summed E-state index contributed by atoms with van der Waals surface area (Å²) in [7, 11) is 3.10. The van der Waals surface area contributed by atoms with E-state index in [-0.39, 0.29) is 49.6 Å². The third kappa shape index (κ3) is 27.9. The summed E-state index contributed by atoms with van der Waals surface area (Å²) in [6, 6.07) is 45.1. The Morgan fingerprint density at radius 3 is 1.55 bits per heavy atom. The van der Waals surface area contributed by atoms with Crippen molar-refractivity contribution in [3.8, 4) is 91.9 Å². The van der Waals surface area contributed by atoms with Crippen molar-refractivity contribution >= 4 is 36.9 Å². The smallest absolute Gasteiger partial charge is 0.408 e. The minimum absolute atomic E-state index is 0.129.